The van der Waals surface area contributed by atoms with Crippen LogP contribution in [0, 0.1) is 0 Å². The van der Waals surface area contributed by atoms with Gasteiger partial charge in [-0.3, -0.25) is 4.79 Å². The Morgan fingerprint density at radius 3 is 2.62 bits per heavy atom. The van der Waals surface area contributed by atoms with Crippen LogP contribution >= 0.6 is 0 Å². The number of carbonyl (C=O) groups excluding carboxylic acids is 2. The largest absolute Gasteiger partial charge is 0.497 e. The first-order chi connectivity index (χ1) is 12.6. The highest BCUT2D eigenvalue weighted by atomic mass is 16.5. The van der Waals surface area contributed by atoms with Crippen LogP contribution in [-0.2, 0) is 4.79 Å². The Balaban J connectivity index is 2.04. The summed E-state index contributed by atoms with van der Waals surface area (Å²) in [6.45, 7) is 2.21. The highest BCUT2D eigenvalue weighted by Crippen LogP contribution is 2.29. The van der Waals surface area contributed by atoms with Gasteiger partial charge < -0.3 is 29.5 Å². The predicted octanol–water partition coefficient (Wildman–Crippen LogP) is 2.57. The molecule has 0 spiro atoms. The van der Waals surface area contributed by atoms with Crippen LogP contribution in [0.15, 0.2) is 35.1 Å². The SMILES string of the molecule is CCCN(CC(=O)Nc1ccon1)C(=O)Nc1ccc(OC)cc1OC. The van der Waals surface area contributed by atoms with Crippen LogP contribution in [0.4, 0.5) is 16.3 Å². The van der Waals surface area contributed by atoms with Crippen LogP contribution in [-0.4, -0.2) is 49.3 Å². The maximum absolute atomic E-state index is 12.6. The van der Waals surface area contributed by atoms with Crippen LogP contribution in [0.25, 0.3) is 0 Å². The highest BCUT2D eigenvalue weighted by Gasteiger charge is 2.19. The molecule has 0 fully saturated rings. The summed E-state index contributed by atoms with van der Waals surface area (Å²) in [6, 6.07) is 6.15. The van der Waals surface area contributed by atoms with Crippen molar-refractivity contribution in [3.05, 3.63) is 30.5 Å². The Morgan fingerprint density at radius 2 is 2.00 bits per heavy atom. The normalized spacial score (nSPS) is 10.1. The van der Waals surface area contributed by atoms with Crippen molar-refractivity contribution < 1.29 is 23.6 Å². The number of nitrogens with zero attached hydrogens (tertiary/aromatic N) is 2. The van der Waals surface area contributed by atoms with E-state index in [1.807, 2.05) is 6.92 Å². The summed E-state index contributed by atoms with van der Waals surface area (Å²) in [6.07, 6.45) is 2.05. The molecule has 9 nitrogen and oxygen atoms in total. The second-order valence-electron chi connectivity index (χ2n) is 5.35. The molecule has 0 aliphatic carbocycles. The maximum Gasteiger partial charge on any atom is 0.322 e. The van der Waals surface area contributed by atoms with Gasteiger partial charge in [0.25, 0.3) is 0 Å². The molecule has 0 saturated carbocycles. The lowest BCUT2D eigenvalue weighted by atomic mass is 10.2. The van der Waals surface area contributed by atoms with Crippen LogP contribution in [0.3, 0.4) is 0 Å². The summed E-state index contributed by atoms with van der Waals surface area (Å²) in [7, 11) is 3.04. The summed E-state index contributed by atoms with van der Waals surface area (Å²) < 4.78 is 15.1. The summed E-state index contributed by atoms with van der Waals surface area (Å²) in [4.78, 5) is 26.1. The molecule has 0 saturated heterocycles. The number of carbonyl (C=O) groups is 2. The number of rotatable bonds is 8. The molecule has 0 aliphatic rings. The van der Waals surface area contributed by atoms with Crippen molar-refractivity contribution in [2.45, 2.75) is 13.3 Å². The molecule has 0 atom stereocenters. The van der Waals surface area contributed by atoms with Gasteiger partial charge in [-0.2, -0.15) is 0 Å². The Bertz CT molecular complexity index is 733. The minimum atomic E-state index is -0.411. The van der Waals surface area contributed by atoms with Gasteiger partial charge in [0.1, 0.15) is 24.3 Å². The number of aromatic nitrogens is 1. The van der Waals surface area contributed by atoms with Gasteiger partial charge in [0, 0.05) is 18.7 Å². The summed E-state index contributed by atoms with van der Waals surface area (Å²) in [5, 5.41) is 8.92. The van der Waals surface area contributed by atoms with Crippen molar-refractivity contribution >= 4 is 23.4 Å². The lowest BCUT2D eigenvalue weighted by molar-refractivity contribution is -0.116. The number of anilines is 2. The summed E-state index contributed by atoms with van der Waals surface area (Å²) >= 11 is 0. The molecular formula is C17H22N4O5. The molecule has 3 amide bonds. The van der Waals surface area contributed by atoms with E-state index in [2.05, 4.69) is 20.3 Å². The molecule has 2 aromatic rings. The number of nitrogens with one attached hydrogen (secondary N) is 2. The quantitative estimate of drug-likeness (QED) is 0.748. The zero-order chi connectivity index (χ0) is 18.9. The van der Waals surface area contributed by atoms with Gasteiger partial charge in [-0.05, 0) is 18.6 Å². The molecule has 140 valence electrons. The van der Waals surface area contributed by atoms with Crippen LogP contribution in [0.2, 0.25) is 0 Å². The lowest BCUT2D eigenvalue weighted by Gasteiger charge is -2.22. The average Bonchev–Trinajstić information content (AvgIpc) is 3.14. The smallest absolute Gasteiger partial charge is 0.322 e. The van der Waals surface area contributed by atoms with Crippen molar-refractivity contribution in [2.24, 2.45) is 0 Å². The van der Waals surface area contributed by atoms with Crippen LogP contribution < -0.4 is 20.1 Å². The van der Waals surface area contributed by atoms with Crippen LogP contribution in [0.1, 0.15) is 13.3 Å². The first-order valence-corrected chi connectivity index (χ1v) is 8.05. The van der Waals surface area contributed by atoms with Crippen molar-refractivity contribution in [3.63, 3.8) is 0 Å². The molecule has 9 heteroatoms. The van der Waals surface area contributed by atoms with Gasteiger partial charge in [0.05, 0.1) is 19.9 Å². The fourth-order valence-corrected chi connectivity index (χ4v) is 2.25. The van der Waals surface area contributed by atoms with E-state index in [9.17, 15) is 9.59 Å². The maximum atomic E-state index is 12.6. The number of urea groups is 1. The van der Waals surface area contributed by atoms with Gasteiger partial charge >= 0.3 is 6.03 Å². The van der Waals surface area contributed by atoms with Crippen molar-refractivity contribution in [2.75, 3.05) is 37.9 Å². The van der Waals surface area contributed by atoms with Crippen molar-refractivity contribution in [1.29, 1.82) is 0 Å². The first-order valence-electron chi connectivity index (χ1n) is 8.05. The molecule has 2 N–H and O–H groups in total. The van der Waals surface area contributed by atoms with Crippen LogP contribution in [0.5, 0.6) is 11.5 Å². The molecule has 1 aromatic carbocycles. The number of hydrogen-bond acceptors (Lipinski definition) is 6. The zero-order valence-electron chi connectivity index (χ0n) is 14.9. The van der Waals surface area contributed by atoms with E-state index in [1.54, 1.807) is 25.3 Å². The Kier molecular flexibility index (Phi) is 6.84. The van der Waals surface area contributed by atoms with E-state index < -0.39 is 6.03 Å². The predicted molar refractivity (Wildman–Crippen MR) is 95.6 cm³/mol. The molecular weight excluding hydrogens is 340 g/mol. The third kappa shape index (κ3) is 5.13. The Hall–Kier alpha value is -3.23. The first kappa shape index (κ1) is 19.1. The minimum Gasteiger partial charge on any atom is -0.497 e. The fraction of sp³-hybridized carbons (Fsp3) is 0.353. The number of ether oxygens (including phenoxy) is 2. The number of amides is 3. The second-order valence-corrected chi connectivity index (χ2v) is 5.35. The van der Waals surface area contributed by atoms with Gasteiger partial charge in [0.15, 0.2) is 5.82 Å². The van der Waals surface area contributed by atoms with E-state index in [4.69, 9.17) is 9.47 Å². The van der Waals surface area contributed by atoms with E-state index in [1.165, 1.54) is 24.3 Å². The van der Waals surface area contributed by atoms with Crippen molar-refractivity contribution in [1.82, 2.24) is 10.1 Å². The van der Waals surface area contributed by atoms with Gasteiger partial charge in [-0.25, -0.2) is 4.79 Å². The molecule has 26 heavy (non-hydrogen) atoms. The van der Waals surface area contributed by atoms with E-state index >= 15 is 0 Å². The van der Waals surface area contributed by atoms with E-state index in [0.717, 1.165) is 0 Å². The van der Waals surface area contributed by atoms with Gasteiger partial charge in [-0.15, -0.1) is 0 Å². The van der Waals surface area contributed by atoms with E-state index in [-0.39, 0.29) is 12.5 Å². The molecule has 0 bridgehead atoms. The van der Waals surface area contributed by atoms with E-state index in [0.29, 0.717) is 36.0 Å². The third-order valence-electron chi connectivity index (χ3n) is 3.47. The zero-order valence-corrected chi connectivity index (χ0v) is 14.9. The van der Waals surface area contributed by atoms with Crippen molar-refractivity contribution in [3.8, 4) is 11.5 Å². The standard InChI is InChI=1S/C17H22N4O5/c1-4-8-21(11-16(22)19-15-7-9-26-20-15)17(23)18-13-6-5-12(24-2)10-14(13)25-3/h5-7,9-10H,4,8,11H2,1-3H3,(H,18,23)(H,19,20,22). The summed E-state index contributed by atoms with van der Waals surface area (Å²) in [5.74, 6) is 0.992. The molecule has 1 aromatic heterocycles. The molecule has 0 unspecified atom stereocenters. The Morgan fingerprint density at radius 1 is 1.19 bits per heavy atom. The molecule has 2 rings (SSSR count). The average molecular weight is 362 g/mol. The lowest BCUT2D eigenvalue weighted by Crippen LogP contribution is -2.41. The summed E-state index contributed by atoms with van der Waals surface area (Å²) in [5.41, 5.74) is 0.483. The Labute approximate surface area is 151 Å². The third-order valence-corrected chi connectivity index (χ3v) is 3.47. The highest BCUT2D eigenvalue weighted by molar-refractivity contribution is 5.97. The number of methoxy groups -OCH3 is 2. The minimum absolute atomic E-state index is 0.120. The fourth-order valence-electron chi connectivity index (χ4n) is 2.25. The molecule has 0 aliphatic heterocycles. The second kappa shape index (κ2) is 9.30. The topological polar surface area (TPSA) is 106 Å². The number of hydrogen-bond donors (Lipinski definition) is 2. The monoisotopic (exact) mass is 362 g/mol. The molecule has 1 heterocycles. The van der Waals surface area contributed by atoms with Gasteiger partial charge in [-0.1, -0.05) is 12.1 Å². The van der Waals surface area contributed by atoms with Gasteiger partial charge in [0.2, 0.25) is 5.91 Å². The molecule has 0 radical (unpaired) electrons. The number of benzene rings is 1.